The highest BCUT2D eigenvalue weighted by Crippen LogP contribution is 2.72. The maximum absolute atomic E-state index is 14.2. The van der Waals surface area contributed by atoms with Crippen molar-refractivity contribution in [3.8, 4) is 0 Å². The molecule has 0 radical (unpaired) electrons. The van der Waals surface area contributed by atoms with Crippen LogP contribution < -0.4 is 0 Å². The van der Waals surface area contributed by atoms with Crippen molar-refractivity contribution in [2.75, 3.05) is 27.4 Å². The van der Waals surface area contributed by atoms with Gasteiger partial charge in [0.2, 0.25) is 5.41 Å². The van der Waals surface area contributed by atoms with Crippen molar-refractivity contribution in [3.63, 3.8) is 0 Å². The first-order valence-corrected chi connectivity index (χ1v) is 12.8. The van der Waals surface area contributed by atoms with Gasteiger partial charge < -0.3 is 18.5 Å². The zero-order valence-corrected chi connectivity index (χ0v) is 20.5. The Hall–Kier alpha value is -2.73. The lowest BCUT2D eigenvalue weighted by Gasteiger charge is -2.39. The Morgan fingerprint density at radius 1 is 0.941 bits per heavy atom. The lowest BCUT2D eigenvalue weighted by molar-refractivity contribution is -0.158. The molecule has 0 aromatic heterocycles. The zero-order chi connectivity index (χ0) is 24.3. The molecule has 0 spiro atoms. The van der Waals surface area contributed by atoms with Crippen LogP contribution in [0.15, 0.2) is 54.1 Å². The van der Waals surface area contributed by atoms with Gasteiger partial charge in [-0.15, -0.1) is 0 Å². The van der Waals surface area contributed by atoms with Crippen LogP contribution in [0.2, 0.25) is 0 Å². The number of hydrogen-bond donors (Lipinski definition) is 0. The summed E-state index contributed by atoms with van der Waals surface area (Å²) in [4.78, 5) is 27.1. The molecule has 2 aliphatic carbocycles. The summed E-state index contributed by atoms with van der Waals surface area (Å²) in [5.74, 6) is -1.50. The molecule has 0 N–H and O–H groups in total. The predicted molar refractivity (Wildman–Crippen MR) is 125 cm³/mol. The Bertz CT molecular complexity index is 1250. The molecule has 1 aliphatic heterocycles. The average Bonchev–Trinajstić information content (AvgIpc) is 3.18. The molecule has 8 heteroatoms. The smallest absolute Gasteiger partial charge is 0.342 e. The topological polar surface area (TPSA) is 88.1 Å². The molecule has 2 aromatic rings. The quantitative estimate of drug-likeness (QED) is 0.359. The van der Waals surface area contributed by atoms with Crippen LogP contribution >= 0.6 is 7.60 Å². The number of allylic oxidation sites excluding steroid dienone is 1. The summed E-state index contributed by atoms with van der Waals surface area (Å²) in [7, 11) is -1.17. The Labute approximate surface area is 198 Å². The van der Waals surface area contributed by atoms with E-state index < -0.39 is 30.6 Å². The molecule has 0 amide bonds. The summed E-state index contributed by atoms with van der Waals surface area (Å²) in [6, 6.07) is 14.6. The number of benzene rings is 2. The van der Waals surface area contributed by atoms with Crippen LogP contribution in [0.1, 0.15) is 41.8 Å². The molecule has 1 atom stereocenters. The van der Waals surface area contributed by atoms with Gasteiger partial charge in [-0.05, 0) is 39.8 Å². The molecule has 1 heterocycles. The molecule has 1 saturated heterocycles. The van der Waals surface area contributed by atoms with Crippen molar-refractivity contribution in [3.05, 3.63) is 76.4 Å². The molecular weight excluding hydrogens is 455 g/mol. The van der Waals surface area contributed by atoms with Crippen molar-refractivity contribution in [2.45, 2.75) is 31.3 Å². The van der Waals surface area contributed by atoms with Gasteiger partial charge in [-0.2, -0.15) is 0 Å². The van der Waals surface area contributed by atoms with Crippen LogP contribution in [0.5, 0.6) is 0 Å². The van der Waals surface area contributed by atoms with E-state index in [1.807, 2.05) is 50.2 Å². The third-order valence-corrected chi connectivity index (χ3v) is 9.12. The van der Waals surface area contributed by atoms with E-state index in [-0.39, 0.29) is 18.6 Å². The Balaban J connectivity index is 1.82. The standard InChI is InChI=1S/C26H27O7P/c1-25(2)14-32-34(29,33-15-25)22-18-11-7-6-10-17(18)21-19(22)13-16-9-5-8-12-20(16)26(21,23(27)30-3)24(28)31-4/h5-12,22H,13-15H2,1-4H3. The fourth-order valence-electron chi connectivity index (χ4n) is 5.40. The van der Waals surface area contributed by atoms with Gasteiger partial charge in [-0.1, -0.05) is 62.4 Å². The molecule has 178 valence electrons. The average molecular weight is 482 g/mol. The first-order valence-electron chi connectivity index (χ1n) is 11.2. The highest BCUT2D eigenvalue weighted by molar-refractivity contribution is 7.54. The van der Waals surface area contributed by atoms with Crippen LogP contribution in [0.25, 0.3) is 5.57 Å². The molecule has 5 rings (SSSR count). The van der Waals surface area contributed by atoms with Gasteiger partial charge >= 0.3 is 19.5 Å². The molecular formula is C26H27O7P. The Morgan fingerprint density at radius 3 is 2.18 bits per heavy atom. The maximum Gasteiger partial charge on any atom is 0.342 e. The molecule has 1 unspecified atom stereocenters. The van der Waals surface area contributed by atoms with Gasteiger partial charge in [0.1, 0.15) is 5.66 Å². The number of hydrogen-bond acceptors (Lipinski definition) is 7. The first kappa shape index (κ1) is 23.0. The second-order valence-electron chi connectivity index (χ2n) is 9.71. The monoisotopic (exact) mass is 482 g/mol. The number of esters is 2. The highest BCUT2D eigenvalue weighted by Gasteiger charge is 2.62. The fraction of sp³-hybridized carbons (Fsp3) is 0.385. The largest absolute Gasteiger partial charge is 0.468 e. The van der Waals surface area contributed by atoms with E-state index in [1.54, 1.807) is 12.1 Å². The first-order chi connectivity index (χ1) is 16.2. The van der Waals surface area contributed by atoms with E-state index in [2.05, 4.69) is 0 Å². The number of ether oxygens (including phenoxy) is 2. The number of fused-ring (bicyclic) bond motifs is 3. The fourth-order valence-corrected chi connectivity index (χ4v) is 8.00. The Kier molecular flexibility index (Phi) is 5.36. The zero-order valence-electron chi connectivity index (χ0n) is 19.6. The van der Waals surface area contributed by atoms with E-state index in [4.69, 9.17) is 18.5 Å². The van der Waals surface area contributed by atoms with Crippen LogP contribution in [0, 0.1) is 5.41 Å². The summed E-state index contributed by atoms with van der Waals surface area (Å²) in [5.41, 5.74) is 0.886. The minimum atomic E-state index is -3.67. The number of carbonyl (C=O) groups excluding carboxylic acids is 2. The van der Waals surface area contributed by atoms with E-state index in [0.717, 1.165) is 5.56 Å². The van der Waals surface area contributed by atoms with Gasteiger partial charge in [-0.3, -0.25) is 14.2 Å². The van der Waals surface area contributed by atoms with Crippen LogP contribution in [0.4, 0.5) is 0 Å². The summed E-state index contributed by atoms with van der Waals surface area (Å²) < 4.78 is 36.6. The second kappa shape index (κ2) is 7.91. The summed E-state index contributed by atoms with van der Waals surface area (Å²) in [5, 5.41) is 0. The number of rotatable bonds is 3. The van der Waals surface area contributed by atoms with Crippen molar-refractivity contribution in [1.82, 2.24) is 0 Å². The van der Waals surface area contributed by atoms with E-state index >= 15 is 0 Å². The van der Waals surface area contributed by atoms with Crippen molar-refractivity contribution >= 4 is 25.1 Å². The van der Waals surface area contributed by atoms with Crippen molar-refractivity contribution in [1.29, 1.82) is 0 Å². The van der Waals surface area contributed by atoms with Crippen LogP contribution in [0.3, 0.4) is 0 Å². The van der Waals surface area contributed by atoms with Crippen molar-refractivity contribution in [2.24, 2.45) is 5.41 Å². The summed E-state index contributed by atoms with van der Waals surface area (Å²) in [6.45, 7) is 4.53. The Morgan fingerprint density at radius 2 is 1.53 bits per heavy atom. The van der Waals surface area contributed by atoms with Gasteiger partial charge in [0.15, 0.2) is 0 Å². The molecule has 1 fully saturated rings. The summed E-state index contributed by atoms with van der Waals surface area (Å²) in [6.07, 6.45) is 0.390. The SMILES string of the molecule is COC(=O)C1(C(=O)OC)C2=C(Cc3ccccc31)C(P1(=O)OCC(C)(C)CO1)c1ccccc12. The predicted octanol–water partition coefficient (Wildman–Crippen LogP) is 4.60. The van der Waals surface area contributed by atoms with Gasteiger partial charge in [0.05, 0.1) is 27.4 Å². The molecule has 0 bridgehead atoms. The third kappa shape index (κ3) is 3.07. The van der Waals surface area contributed by atoms with Gasteiger partial charge in [0, 0.05) is 5.41 Å². The lowest BCUT2D eigenvalue weighted by Crippen LogP contribution is -2.48. The third-order valence-electron chi connectivity index (χ3n) is 6.92. The minimum Gasteiger partial charge on any atom is -0.468 e. The maximum atomic E-state index is 14.2. The van der Waals surface area contributed by atoms with Crippen LogP contribution in [-0.2, 0) is 44.5 Å². The van der Waals surface area contributed by atoms with Gasteiger partial charge in [-0.25, -0.2) is 0 Å². The molecule has 34 heavy (non-hydrogen) atoms. The van der Waals surface area contributed by atoms with Gasteiger partial charge in [0.25, 0.3) is 0 Å². The normalized spacial score (nSPS) is 23.4. The lowest BCUT2D eigenvalue weighted by atomic mass is 9.65. The molecule has 3 aliphatic rings. The number of carbonyl (C=O) groups is 2. The van der Waals surface area contributed by atoms with Crippen molar-refractivity contribution < 1.29 is 32.7 Å². The number of methoxy groups -OCH3 is 2. The molecule has 2 aromatic carbocycles. The second-order valence-corrected chi connectivity index (χ2v) is 11.8. The van der Waals surface area contributed by atoms with E-state index in [0.29, 0.717) is 34.3 Å². The molecule has 0 saturated carbocycles. The minimum absolute atomic E-state index is 0.274. The summed E-state index contributed by atoms with van der Waals surface area (Å²) >= 11 is 0. The van der Waals surface area contributed by atoms with E-state index in [1.165, 1.54) is 14.2 Å². The highest BCUT2D eigenvalue weighted by atomic mass is 31.2. The van der Waals surface area contributed by atoms with Crippen LogP contribution in [-0.4, -0.2) is 39.4 Å². The molecule has 7 nitrogen and oxygen atoms in total. The van der Waals surface area contributed by atoms with E-state index in [9.17, 15) is 14.2 Å².